The Kier molecular flexibility index (Phi) is 4.55. The standard InChI is InChI=1S/C24H23NO3/c1-15-5-11-19-21(13-15)28-22-14-18(25(2)3)10-12-20(22)23(19)16-6-8-17(9-7-16)24(26)27-4/h5-14,23H,1-4H3. The van der Waals surface area contributed by atoms with Gasteiger partial charge in [0.25, 0.3) is 0 Å². The van der Waals surface area contributed by atoms with Gasteiger partial charge in [0.05, 0.1) is 12.7 Å². The number of carbonyl (C=O) groups is 1. The number of aryl methyl sites for hydroxylation is 1. The first-order chi connectivity index (χ1) is 13.5. The van der Waals surface area contributed by atoms with Crippen LogP contribution in [0.1, 0.15) is 38.5 Å². The molecule has 1 atom stereocenters. The van der Waals surface area contributed by atoms with Crippen molar-refractivity contribution in [2.75, 3.05) is 26.1 Å². The molecule has 142 valence electrons. The number of nitrogens with zero attached hydrogens (tertiary/aromatic N) is 1. The molecule has 0 saturated carbocycles. The fraction of sp³-hybridized carbons (Fsp3) is 0.208. The minimum Gasteiger partial charge on any atom is -0.465 e. The maximum absolute atomic E-state index is 11.8. The number of ether oxygens (including phenoxy) is 2. The second-order valence-corrected chi connectivity index (χ2v) is 7.31. The third kappa shape index (κ3) is 3.11. The first-order valence-corrected chi connectivity index (χ1v) is 9.26. The van der Waals surface area contributed by atoms with Crippen LogP contribution in [-0.4, -0.2) is 27.2 Å². The third-order valence-electron chi connectivity index (χ3n) is 5.19. The van der Waals surface area contributed by atoms with Gasteiger partial charge in [-0.3, -0.25) is 0 Å². The van der Waals surface area contributed by atoms with Crippen LogP contribution in [0, 0.1) is 6.92 Å². The van der Waals surface area contributed by atoms with Gasteiger partial charge in [-0.2, -0.15) is 0 Å². The number of anilines is 1. The van der Waals surface area contributed by atoms with E-state index in [1.807, 2.05) is 38.4 Å². The van der Waals surface area contributed by atoms with Crippen molar-refractivity contribution in [1.82, 2.24) is 0 Å². The van der Waals surface area contributed by atoms with Gasteiger partial charge in [-0.05, 0) is 42.3 Å². The molecule has 1 aliphatic heterocycles. The van der Waals surface area contributed by atoms with E-state index < -0.39 is 0 Å². The lowest BCUT2D eigenvalue weighted by atomic mass is 9.82. The molecule has 4 heteroatoms. The van der Waals surface area contributed by atoms with Crippen LogP contribution >= 0.6 is 0 Å². The number of methoxy groups -OCH3 is 1. The molecule has 0 aliphatic carbocycles. The molecule has 1 heterocycles. The van der Waals surface area contributed by atoms with Gasteiger partial charge in [-0.25, -0.2) is 4.79 Å². The molecule has 4 rings (SSSR count). The summed E-state index contributed by atoms with van der Waals surface area (Å²) in [4.78, 5) is 13.9. The highest BCUT2D eigenvalue weighted by atomic mass is 16.5. The van der Waals surface area contributed by atoms with Crippen molar-refractivity contribution in [2.45, 2.75) is 12.8 Å². The molecule has 0 radical (unpaired) electrons. The van der Waals surface area contributed by atoms with E-state index >= 15 is 0 Å². The zero-order chi connectivity index (χ0) is 19.8. The third-order valence-corrected chi connectivity index (χ3v) is 5.19. The Hall–Kier alpha value is -3.27. The van der Waals surface area contributed by atoms with Crippen molar-refractivity contribution in [1.29, 1.82) is 0 Å². The minimum atomic E-state index is -0.328. The molecular weight excluding hydrogens is 350 g/mol. The predicted octanol–water partition coefficient (Wildman–Crippen LogP) is 5.13. The van der Waals surface area contributed by atoms with Crippen molar-refractivity contribution >= 4 is 11.7 Å². The molecule has 1 unspecified atom stereocenters. The molecule has 0 aromatic heterocycles. The minimum absolute atomic E-state index is 0.0438. The smallest absolute Gasteiger partial charge is 0.337 e. The van der Waals surface area contributed by atoms with Crippen LogP contribution in [0.3, 0.4) is 0 Å². The quantitative estimate of drug-likeness (QED) is 0.467. The van der Waals surface area contributed by atoms with Crippen LogP contribution in [0.25, 0.3) is 0 Å². The van der Waals surface area contributed by atoms with Crippen molar-refractivity contribution in [3.8, 4) is 11.5 Å². The van der Waals surface area contributed by atoms with Crippen LogP contribution in [0.5, 0.6) is 11.5 Å². The van der Waals surface area contributed by atoms with Crippen LogP contribution in [0.15, 0.2) is 60.7 Å². The number of benzene rings is 3. The molecule has 4 nitrogen and oxygen atoms in total. The molecule has 0 N–H and O–H groups in total. The number of hydrogen-bond donors (Lipinski definition) is 0. The number of rotatable bonds is 3. The van der Waals surface area contributed by atoms with Gasteiger partial charge in [-0.15, -0.1) is 0 Å². The van der Waals surface area contributed by atoms with E-state index in [-0.39, 0.29) is 11.9 Å². The fourth-order valence-corrected chi connectivity index (χ4v) is 3.67. The lowest BCUT2D eigenvalue weighted by Crippen LogP contribution is -2.14. The van der Waals surface area contributed by atoms with E-state index in [1.54, 1.807) is 0 Å². The highest BCUT2D eigenvalue weighted by molar-refractivity contribution is 5.89. The fourth-order valence-electron chi connectivity index (χ4n) is 3.67. The Morgan fingerprint density at radius 1 is 0.929 bits per heavy atom. The predicted molar refractivity (Wildman–Crippen MR) is 111 cm³/mol. The van der Waals surface area contributed by atoms with E-state index in [0.717, 1.165) is 39.4 Å². The van der Waals surface area contributed by atoms with Gasteiger partial charge in [0.15, 0.2) is 0 Å². The maximum atomic E-state index is 11.8. The summed E-state index contributed by atoms with van der Waals surface area (Å²) < 4.78 is 11.1. The monoisotopic (exact) mass is 373 g/mol. The largest absolute Gasteiger partial charge is 0.465 e. The van der Waals surface area contributed by atoms with Crippen molar-refractivity contribution in [2.24, 2.45) is 0 Å². The average molecular weight is 373 g/mol. The number of hydrogen-bond acceptors (Lipinski definition) is 4. The Balaban J connectivity index is 1.85. The number of esters is 1. The van der Waals surface area contributed by atoms with Crippen LogP contribution < -0.4 is 9.64 Å². The molecule has 0 amide bonds. The summed E-state index contributed by atoms with van der Waals surface area (Å²) in [5.41, 5.74) is 6.15. The maximum Gasteiger partial charge on any atom is 0.337 e. The van der Waals surface area contributed by atoms with Crippen molar-refractivity contribution in [3.63, 3.8) is 0 Å². The molecule has 1 aliphatic rings. The molecule has 0 spiro atoms. The molecular formula is C24H23NO3. The Morgan fingerprint density at radius 3 is 2.21 bits per heavy atom. The van der Waals surface area contributed by atoms with Crippen LogP contribution in [-0.2, 0) is 4.74 Å². The molecule has 0 fully saturated rings. The second kappa shape index (κ2) is 7.04. The summed E-state index contributed by atoms with van der Waals surface area (Å²) in [5, 5.41) is 0. The number of fused-ring (bicyclic) bond motifs is 2. The van der Waals surface area contributed by atoms with Gasteiger partial charge in [0.1, 0.15) is 11.5 Å². The van der Waals surface area contributed by atoms with E-state index in [1.165, 1.54) is 7.11 Å². The zero-order valence-corrected chi connectivity index (χ0v) is 16.5. The normalized spacial score (nSPS) is 14.5. The second-order valence-electron chi connectivity index (χ2n) is 7.31. The summed E-state index contributed by atoms with van der Waals surface area (Å²) >= 11 is 0. The summed E-state index contributed by atoms with van der Waals surface area (Å²) in [6.07, 6.45) is 0. The first-order valence-electron chi connectivity index (χ1n) is 9.26. The van der Waals surface area contributed by atoms with Crippen molar-refractivity contribution < 1.29 is 14.3 Å². The van der Waals surface area contributed by atoms with Crippen LogP contribution in [0.2, 0.25) is 0 Å². The van der Waals surface area contributed by atoms with Crippen LogP contribution in [0.4, 0.5) is 5.69 Å². The highest BCUT2D eigenvalue weighted by Crippen LogP contribution is 2.48. The highest BCUT2D eigenvalue weighted by Gasteiger charge is 2.29. The van der Waals surface area contributed by atoms with E-state index in [9.17, 15) is 4.79 Å². The average Bonchev–Trinajstić information content (AvgIpc) is 2.71. The Labute approximate surface area is 165 Å². The Morgan fingerprint density at radius 2 is 1.57 bits per heavy atom. The SMILES string of the molecule is COC(=O)c1ccc(C2c3ccc(C)cc3Oc3cc(N(C)C)ccc32)cc1. The molecule has 3 aromatic rings. The summed E-state index contributed by atoms with van der Waals surface area (Å²) in [6, 6.07) is 20.3. The Bertz CT molecular complexity index is 1040. The first kappa shape index (κ1) is 18.1. The van der Waals surface area contributed by atoms with Crippen molar-refractivity contribution in [3.05, 3.63) is 88.5 Å². The molecule has 0 saturated heterocycles. The van der Waals surface area contributed by atoms with Gasteiger partial charge in [-0.1, -0.05) is 30.3 Å². The molecule has 3 aromatic carbocycles. The summed E-state index contributed by atoms with van der Waals surface area (Å²) in [6.45, 7) is 2.07. The molecule has 0 bridgehead atoms. The lowest BCUT2D eigenvalue weighted by molar-refractivity contribution is 0.0600. The van der Waals surface area contributed by atoms with Gasteiger partial charge in [0, 0.05) is 42.9 Å². The summed E-state index contributed by atoms with van der Waals surface area (Å²) in [7, 11) is 5.43. The van der Waals surface area contributed by atoms with Gasteiger partial charge < -0.3 is 14.4 Å². The van der Waals surface area contributed by atoms with Gasteiger partial charge in [0.2, 0.25) is 0 Å². The zero-order valence-electron chi connectivity index (χ0n) is 16.5. The van der Waals surface area contributed by atoms with Gasteiger partial charge >= 0.3 is 5.97 Å². The van der Waals surface area contributed by atoms with E-state index in [2.05, 4.69) is 48.2 Å². The lowest BCUT2D eigenvalue weighted by Gasteiger charge is -2.30. The molecule has 28 heavy (non-hydrogen) atoms. The summed E-state index contributed by atoms with van der Waals surface area (Å²) in [5.74, 6) is 1.46. The van der Waals surface area contributed by atoms with E-state index in [0.29, 0.717) is 5.56 Å². The topological polar surface area (TPSA) is 38.8 Å². The number of carbonyl (C=O) groups excluding carboxylic acids is 1. The van der Waals surface area contributed by atoms with E-state index in [4.69, 9.17) is 9.47 Å².